The van der Waals surface area contributed by atoms with E-state index in [1.165, 1.54) is 17.7 Å². The highest BCUT2D eigenvalue weighted by molar-refractivity contribution is 6.21. The first-order valence-electron chi connectivity index (χ1n) is 8.44. The summed E-state index contributed by atoms with van der Waals surface area (Å²) in [6.07, 6.45) is 5.02. The average Bonchev–Trinajstić information content (AvgIpc) is 2.84. The number of carbonyl (C=O) groups is 2. The van der Waals surface area contributed by atoms with Crippen LogP contribution >= 0.6 is 0 Å². The topological polar surface area (TPSA) is 63.2 Å². The van der Waals surface area contributed by atoms with E-state index in [-0.39, 0.29) is 17.9 Å². The van der Waals surface area contributed by atoms with Crippen LogP contribution in [0.1, 0.15) is 39.0 Å². The van der Waals surface area contributed by atoms with Gasteiger partial charge in [0.05, 0.1) is 25.3 Å². The third kappa shape index (κ3) is 3.39. The minimum Gasteiger partial charge on any atom is -0.497 e. The van der Waals surface area contributed by atoms with Crippen molar-refractivity contribution in [2.45, 2.75) is 51.1 Å². The molecule has 23 heavy (non-hydrogen) atoms. The van der Waals surface area contributed by atoms with Crippen LogP contribution in [0.2, 0.25) is 0 Å². The minimum absolute atomic E-state index is 0.0845. The number of methoxy groups -OCH3 is 1. The molecule has 1 atom stereocenters. The summed E-state index contributed by atoms with van der Waals surface area (Å²) >= 11 is 0. The molecule has 2 N–H and O–H groups in total. The number of quaternary nitrogens is 1. The molecule has 0 aromatic heterocycles. The number of rotatable bonds is 4. The maximum atomic E-state index is 12.7. The fourth-order valence-electron chi connectivity index (χ4n) is 3.62. The van der Waals surface area contributed by atoms with E-state index >= 15 is 0 Å². The first kappa shape index (κ1) is 16.0. The van der Waals surface area contributed by atoms with Gasteiger partial charge in [-0.3, -0.25) is 9.59 Å². The molecule has 1 saturated heterocycles. The van der Waals surface area contributed by atoms with Crippen LogP contribution in [-0.2, 0) is 9.59 Å². The van der Waals surface area contributed by atoms with Gasteiger partial charge in [-0.15, -0.1) is 0 Å². The van der Waals surface area contributed by atoms with E-state index < -0.39 is 0 Å². The molecule has 2 amide bonds. The molecule has 0 unspecified atom stereocenters. The van der Waals surface area contributed by atoms with Gasteiger partial charge in [0.15, 0.2) is 6.04 Å². The van der Waals surface area contributed by atoms with Crippen LogP contribution < -0.4 is 15.0 Å². The molecule has 0 spiro atoms. The number of hydrogen-bond donors (Lipinski definition) is 1. The van der Waals surface area contributed by atoms with Crippen molar-refractivity contribution in [3.63, 3.8) is 0 Å². The fraction of sp³-hybridized carbons (Fsp3) is 0.556. The first-order valence-corrected chi connectivity index (χ1v) is 8.44. The molecular formula is C18H25N2O3+. The van der Waals surface area contributed by atoms with E-state index in [2.05, 4.69) is 12.2 Å². The lowest BCUT2D eigenvalue weighted by Crippen LogP contribution is -2.96. The zero-order valence-corrected chi connectivity index (χ0v) is 13.8. The molecule has 1 saturated carbocycles. The molecule has 1 heterocycles. The van der Waals surface area contributed by atoms with Crippen LogP contribution in [0.3, 0.4) is 0 Å². The maximum Gasteiger partial charge on any atom is 0.292 e. The largest absolute Gasteiger partial charge is 0.497 e. The van der Waals surface area contributed by atoms with Crippen molar-refractivity contribution in [2.24, 2.45) is 5.92 Å². The summed E-state index contributed by atoms with van der Waals surface area (Å²) in [6, 6.07) is 7.29. The predicted molar refractivity (Wildman–Crippen MR) is 87.2 cm³/mol. The van der Waals surface area contributed by atoms with Gasteiger partial charge in [-0.1, -0.05) is 6.92 Å². The van der Waals surface area contributed by atoms with Crippen LogP contribution in [0.5, 0.6) is 5.75 Å². The predicted octanol–water partition coefficient (Wildman–Crippen LogP) is 1.47. The second kappa shape index (κ2) is 6.71. The number of benzene rings is 1. The van der Waals surface area contributed by atoms with Gasteiger partial charge in [0.25, 0.3) is 5.91 Å². The molecule has 5 nitrogen and oxygen atoms in total. The molecule has 0 radical (unpaired) electrons. The average molecular weight is 317 g/mol. The molecule has 3 rings (SSSR count). The Kier molecular flexibility index (Phi) is 4.66. The number of nitrogens with two attached hydrogens (primary N) is 1. The summed E-state index contributed by atoms with van der Waals surface area (Å²) in [7, 11) is 1.59. The van der Waals surface area contributed by atoms with Gasteiger partial charge in [0, 0.05) is 0 Å². The summed E-state index contributed by atoms with van der Waals surface area (Å²) in [5, 5.41) is 2.13. The summed E-state index contributed by atoms with van der Waals surface area (Å²) in [5.74, 6) is 1.31. The Morgan fingerprint density at radius 2 is 1.74 bits per heavy atom. The highest BCUT2D eigenvalue weighted by Gasteiger charge is 2.43. The van der Waals surface area contributed by atoms with Crippen LogP contribution in [0.4, 0.5) is 5.69 Å². The number of nitrogens with zero attached hydrogens (tertiary/aromatic N) is 1. The standard InChI is InChI=1S/C18H24N2O3/c1-12-3-5-13(6-4-12)19-16-11-17(21)20(18(16)22)14-7-9-15(23-2)10-8-14/h7-10,12-13,16,19H,3-6,11H2,1-2H3/p+1/t12?,13?,16-/m1/s1. The van der Waals surface area contributed by atoms with Gasteiger partial charge in [-0.05, 0) is 55.9 Å². The number of ether oxygens (including phenoxy) is 1. The smallest absolute Gasteiger partial charge is 0.292 e. The second-order valence-electron chi connectivity index (χ2n) is 6.79. The molecule has 124 valence electrons. The molecule has 1 aromatic carbocycles. The fourth-order valence-corrected chi connectivity index (χ4v) is 3.62. The molecule has 5 heteroatoms. The Balaban J connectivity index is 1.67. The normalized spacial score (nSPS) is 28.3. The number of amides is 2. The van der Waals surface area contributed by atoms with Crippen LogP contribution in [0, 0.1) is 5.92 Å². The Morgan fingerprint density at radius 1 is 1.09 bits per heavy atom. The van der Waals surface area contributed by atoms with Gasteiger partial charge < -0.3 is 10.1 Å². The van der Waals surface area contributed by atoms with Crippen molar-refractivity contribution in [3.05, 3.63) is 24.3 Å². The minimum atomic E-state index is -0.261. The molecule has 1 aromatic rings. The second-order valence-corrected chi connectivity index (χ2v) is 6.79. The monoisotopic (exact) mass is 317 g/mol. The van der Waals surface area contributed by atoms with Crippen molar-refractivity contribution >= 4 is 17.5 Å². The maximum absolute atomic E-state index is 12.7. The summed E-state index contributed by atoms with van der Waals surface area (Å²) in [5.41, 5.74) is 0.633. The third-order valence-corrected chi connectivity index (χ3v) is 5.08. The van der Waals surface area contributed by atoms with E-state index in [0.717, 1.165) is 18.8 Å². The van der Waals surface area contributed by atoms with E-state index in [1.54, 1.807) is 31.4 Å². The Labute approximate surface area is 137 Å². The van der Waals surface area contributed by atoms with Gasteiger partial charge in [-0.25, -0.2) is 4.90 Å². The van der Waals surface area contributed by atoms with Gasteiger partial charge in [-0.2, -0.15) is 0 Å². The number of imide groups is 1. The van der Waals surface area contributed by atoms with E-state index in [4.69, 9.17) is 4.74 Å². The highest BCUT2D eigenvalue weighted by atomic mass is 16.5. The lowest BCUT2D eigenvalue weighted by atomic mass is 9.87. The van der Waals surface area contributed by atoms with Crippen molar-refractivity contribution in [2.75, 3.05) is 12.0 Å². The highest BCUT2D eigenvalue weighted by Crippen LogP contribution is 2.25. The molecule has 1 aliphatic heterocycles. The van der Waals surface area contributed by atoms with Crippen molar-refractivity contribution in [1.82, 2.24) is 0 Å². The van der Waals surface area contributed by atoms with Crippen molar-refractivity contribution in [3.8, 4) is 5.75 Å². The number of carbonyl (C=O) groups excluding carboxylic acids is 2. The zero-order chi connectivity index (χ0) is 16.4. The van der Waals surface area contributed by atoms with E-state index in [0.29, 0.717) is 23.9 Å². The lowest BCUT2D eigenvalue weighted by Gasteiger charge is -2.26. The Morgan fingerprint density at radius 3 is 2.35 bits per heavy atom. The Hall–Kier alpha value is -1.88. The number of hydrogen-bond acceptors (Lipinski definition) is 3. The van der Waals surface area contributed by atoms with Gasteiger partial charge >= 0.3 is 0 Å². The SMILES string of the molecule is COc1ccc(N2C(=O)C[C@@H]([NH2+]C3CCC(C)CC3)C2=O)cc1. The van der Waals surface area contributed by atoms with E-state index in [9.17, 15) is 9.59 Å². The molecule has 1 aliphatic carbocycles. The molecule has 2 aliphatic rings. The molecule has 2 fully saturated rings. The van der Waals surface area contributed by atoms with Crippen LogP contribution in [0.25, 0.3) is 0 Å². The van der Waals surface area contributed by atoms with Crippen molar-refractivity contribution in [1.29, 1.82) is 0 Å². The summed E-state index contributed by atoms with van der Waals surface area (Å²) < 4.78 is 5.12. The van der Waals surface area contributed by atoms with E-state index in [1.807, 2.05) is 0 Å². The van der Waals surface area contributed by atoms with Crippen LogP contribution in [0.15, 0.2) is 24.3 Å². The van der Waals surface area contributed by atoms with Crippen molar-refractivity contribution < 1.29 is 19.6 Å². The lowest BCUT2D eigenvalue weighted by molar-refractivity contribution is -0.710. The van der Waals surface area contributed by atoms with Gasteiger partial charge in [0.2, 0.25) is 5.91 Å². The quantitative estimate of drug-likeness (QED) is 0.855. The number of anilines is 1. The van der Waals surface area contributed by atoms with Crippen LogP contribution in [-0.4, -0.2) is 31.0 Å². The molecule has 0 bridgehead atoms. The molecular weight excluding hydrogens is 292 g/mol. The zero-order valence-electron chi connectivity index (χ0n) is 13.8. The third-order valence-electron chi connectivity index (χ3n) is 5.08. The first-order chi connectivity index (χ1) is 11.1. The summed E-state index contributed by atoms with van der Waals surface area (Å²) in [6.45, 7) is 2.28. The summed E-state index contributed by atoms with van der Waals surface area (Å²) in [4.78, 5) is 26.3. The van der Waals surface area contributed by atoms with Gasteiger partial charge in [0.1, 0.15) is 5.75 Å². The Bertz CT molecular complexity index is 576.